The van der Waals surface area contributed by atoms with Crippen molar-refractivity contribution in [2.75, 3.05) is 0 Å². The smallest absolute Gasteiger partial charge is 0.0956 e. The van der Waals surface area contributed by atoms with Crippen LogP contribution in [0.2, 0.25) is 0 Å². The molecular weight excluding hydrogens is 286 g/mol. The van der Waals surface area contributed by atoms with Crippen LogP contribution in [0.3, 0.4) is 0 Å². The van der Waals surface area contributed by atoms with Gasteiger partial charge in [-0.25, -0.2) is 4.98 Å². The number of hydrogen-bond acceptors (Lipinski definition) is 3. The Kier molecular flexibility index (Phi) is 2.70. The highest BCUT2D eigenvalue weighted by molar-refractivity contribution is 5.69. The third kappa shape index (κ3) is 1.75. The van der Waals surface area contributed by atoms with Gasteiger partial charge in [0.1, 0.15) is 0 Å². The van der Waals surface area contributed by atoms with Gasteiger partial charge in [0.15, 0.2) is 0 Å². The lowest BCUT2D eigenvalue weighted by Crippen LogP contribution is -2.29. The molecule has 4 nitrogen and oxygen atoms in total. The number of hydrogen-bond donors (Lipinski definition) is 1. The molecule has 0 radical (unpaired) electrons. The third-order valence-corrected chi connectivity index (χ3v) is 5.29. The summed E-state index contributed by atoms with van der Waals surface area (Å²) >= 11 is 0. The maximum Gasteiger partial charge on any atom is 0.0956 e. The van der Waals surface area contributed by atoms with Gasteiger partial charge in [-0.2, -0.15) is 0 Å². The molecule has 0 amide bonds. The zero-order chi connectivity index (χ0) is 15.4. The van der Waals surface area contributed by atoms with Crippen LogP contribution in [0, 0.1) is 5.92 Å². The molecule has 0 saturated heterocycles. The molecule has 3 heterocycles. The summed E-state index contributed by atoms with van der Waals surface area (Å²) < 4.78 is 2.22. The van der Waals surface area contributed by atoms with E-state index in [2.05, 4.69) is 38.8 Å². The van der Waals surface area contributed by atoms with Crippen LogP contribution in [0.5, 0.6) is 0 Å². The molecule has 23 heavy (non-hydrogen) atoms. The van der Waals surface area contributed by atoms with Crippen LogP contribution in [-0.2, 0) is 6.42 Å². The SMILES string of the molecule is O[C@H]1c2cccnc2CC[C@@H]1[C@@H]1c2ccccc2-c2cncn21. The summed E-state index contributed by atoms with van der Waals surface area (Å²) in [5.41, 5.74) is 5.69. The zero-order valence-electron chi connectivity index (χ0n) is 12.6. The summed E-state index contributed by atoms with van der Waals surface area (Å²) in [6.07, 6.45) is 6.99. The van der Waals surface area contributed by atoms with Crippen molar-refractivity contribution in [2.24, 2.45) is 5.92 Å². The van der Waals surface area contributed by atoms with Crippen LogP contribution in [-0.4, -0.2) is 19.6 Å². The van der Waals surface area contributed by atoms with Gasteiger partial charge in [-0.05, 0) is 24.5 Å². The van der Waals surface area contributed by atoms with Gasteiger partial charge in [0.25, 0.3) is 0 Å². The van der Waals surface area contributed by atoms with Crippen molar-refractivity contribution < 1.29 is 5.11 Å². The van der Waals surface area contributed by atoms with Crippen molar-refractivity contribution in [1.29, 1.82) is 0 Å². The highest BCUT2D eigenvalue weighted by Gasteiger charge is 2.40. The zero-order valence-corrected chi connectivity index (χ0v) is 12.6. The molecule has 114 valence electrons. The molecule has 0 fully saturated rings. The molecular formula is C19H17N3O. The molecule has 0 unspecified atom stereocenters. The normalized spacial score (nSPS) is 24.8. The Labute approximate surface area is 134 Å². The molecule has 1 aromatic carbocycles. The number of aliphatic hydroxyl groups excluding tert-OH is 1. The fourth-order valence-electron chi connectivity index (χ4n) is 4.26. The van der Waals surface area contributed by atoms with Gasteiger partial charge >= 0.3 is 0 Å². The van der Waals surface area contributed by atoms with Crippen molar-refractivity contribution >= 4 is 0 Å². The number of aryl methyl sites for hydroxylation is 1. The summed E-state index contributed by atoms with van der Waals surface area (Å²) in [5, 5.41) is 11.0. The topological polar surface area (TPSA) is 50.9 Å². The van der Waals surface area contributed by atoms with E-state index >= 15 is 0 Å². The predicted octanol–water partition coefficient (Wildman–Crippen LogP) is 3.14. The highest BCUT2D eigenvalue weighted by Crippen LogP contribution is 2.49. The van der Waals surface area contributed by atoms with Crippen LogP contribution >= 0.6 is 0 Å². The monoisotopic (exact) mass is 303 g/mol. The van der Waals surface area contributed by atoms with Gasteiger partial charge in [-0.1, -0.05) is 30.3 Å². The first-order valence-electron chi connectivity index (χ1n) is 8.07. The van der Waals surface area contributed by atoms with Gasteiger partial charge in [0.05, 0.1) is 30.4 Å². The first-order chi connectivity index (χ1) is 11.3. The minimum Gasteiger partial charge on any atom is -0.388 e. The summed E-state index contributed by atoms with van der Waals surface area (Å²) in [7, 11) is 0. The van der Waals surface area contributed by atoms with Crippen molar-refractivity contribution in [3.05, 3.63) is 71.9 Å². The van der Waals surface area contributed by atoms with Crippen LogP contribution in [0.4, 0.5) is 0 Å². The van der Waals surface area contributed by atoms with E-state index in [0.717, 1.165) is 29.8 Å². The molecule has 1 N–H and O–H groups in total. The van der Waals surface area contributed by atoms with E-state index < -0.39 is 6.10 Å². The van der Waals surface area contributed by atoms with Crippen molar-refractivity contribution in [3.8, 4) is 11.3 Å². The average Bonchev–Trinajstić information content (AvgIpc) is 3.17. The van der Waals surface area contributed by atoms with Gasteiger partial charge in [-0.15, -0.1) is 0 Å². The highest BCUT2D eigenvalue weighted by atomic mass is 16.3. The molecule has 2 aromatic heterocycles. The number of nitrogens with zero attached hydrogens (tertiary/aromatic N) is 3. The van der Waals surface area contributed by atoms with Crippen molar-refractivity contribution in [3.63, 3.8) is 0 Å². The minimum absolute atomic E-state index is 0.142. The number of aromatic nitrogens is 3. The number of fused-ring (bicyclic) bond motifs is 4. The van der Waals surface area contributed by atoms with E-state index in [9.17, 15) is 5.11 Å². The first-order valence-corrected chi connectivity index (χ1v) is 8.07. The van der Waals surface area contributed by atoms with Gasteiger partial charge in [0, 0.05) is 28.9 Å². The molecule has 4 heteroatoms. The Bertz CT molecular complexity index is 886. The number of pyridine rings is 1. The lowest BCUT2D eigenvalue weighted by molar-refractivity contribution is 0.0710. The molecule has 1 aliphatic heterocycles. The fourth-order valence-corrected chi connectivity index (χ4v) is 4.26. The van der Waals surface area contributed by atoms with E-state index in [1.807, 2.05) is 30.9 Å². The summed E-state index contributed by atoms with van der Waals surface area (Å²) in [6.45, 7) is 0. The number of imidazole rings is 1. The van der Waals surface area contributed by atoms with E-state index in [-0.39, 0.29) is 12.0 Å². The second-order valence-corrected chi connectivity index (χ2v) is 6.40. The van der Waals surface area contributed by atoms with Gasteiger partial charge in [0.2, 0.25) is 0 Å². The second kappa shape index (κ2) is 4.77. The molecule has 2 aliphatic rings. The maximum absolute atomic E-state index is 11.0. The molecule has 0 spiro atoms. The minimum atomic E-state index is -0.487. The van der Waals surface area contributed by atoms with Crippen LogP contribution in [0.15, 0.2) is 55.1 Å². The van der Waals surface area contributed by atoms with E-state index in [1.165, 1.54) is 11.1 Å². The third-order valence-electron chi connectivity index (χ3n) is 5.29. The van der Waals surface area contributed by atoms with E-state index in [1.54, 1.807) is 0 Å². The summed E-state index contributed by atoms with van der Waals surface area (Å²) in [6, 6.07) is 12.5. The van der Waals surface area contributed by atoms with E-state index in [0.29, 0.717) is 0 Å². The average molecular weight is 303 g/mol. The van der Waals surface area contributed by atoms with Crippen LogP contribution in [0.25, 0.3) is 11.3 Å². The Balaban J connectivity index is 1.64. The molecule has 3 aromatic rings. The van der Waals surface area contributed by atoms with Gasteiger partial charge < -0.3 is 9.67 Å². The van der Waals surface area contributed by atoms with E-state index in [4.69, 9.17) is 0 Å². The van der Waals surface area contributed by atoms with Gasteiger partial charge in [-0.3, -0.25) is 4.98 Å². The standard InChI is InChI=1S/C19H17N3O/c23-19-14-6-3-9-21-16(14)8-7-15(19)18-13-5-2-1-4-12(13)17-10-20-11-22(17)18/h1-6,9-11,15,18-19,23H,7-8H2/t15-,18+,19+/m1/s1. The molecule has 3 atom stereocenters. The Morgan fingerprint density at radius 1 is 1.09 bits per heavy atom. The van der Waals surface area contributed by atoms with Crippen LogP contribution < -0.4 is 0 Å². The quantitative estimate of drug-likeness (QED) is 0.751. The predicted molar refractivity (Wildman–Crippen MR) is 86.8 cm³/mol. The number of benzene rings is 1. The lowest BCUT2D eigenvalue weighted by atomic mass is 9.77. The fraction of sp³-hybridized carbons (Fsp3) is 0.263. The molecule has 0 saturated carbocycles. The van der Waals surface area contributed by atoms with Crippen LogP contribution in [0.1, 0.15) is 35.4 Å². The summed E-state index contributed by atoms with van der Waals surface area (Å²) in [4.78, 5) is 8.76. The Morgan fingerprint density at radius 2 is 1.96 bits per heavy atom. The Hall–Kier alpha value is -2.46. The summed E-state index contributed by atoms with van der Waals surface area (Å²) in [5.74, 6) is 0.142. The lowest BCUT2D eigenvalue weighted by Gasteiger charge is -2.34. The molecule has 0 bridgehead atoms. The van der Waals surface area contributed by atoms with Crippen molar-refractivity contribution in [1.82, 2.24) is 14.5 Å². The second-order valence-electron chi connectivity index (χ2n) is 6.40. The number of aliphatic hydroxyl groups is 1. The molecule has 1 aliphatic carbocycles. The number of rotatable bonds is 1. The first kappa shape index (κ1) is 13.0. The Morgan fingerprint density at radius 3 is 2.91 bits per heavy atom. The molecule has 5 rings (SSSR count). The maximum atomic E-state index is 11.0. The van der Waals surface area contributed by atoms with Crippen molar-refractivity contribution in [2.45, 2.75) is 25.0 Å². The largest absolute Gasteiger partial charge is 0.388 e.